The van der Waals surface area contributed by atoms with Gasteiger partial charge in [0, 0.05) is 6.04 Å². The van der Waals surface area contributed by atoms with Crippen molar-refractivity contribution in [1.29, 1.82) is 0 Å². The molecule has 4 nitrogen and oxygen atoms in total. The minimum atomic E-state index is -3.48. The van der Waals surface area contributed by atoms with Gasteiger partial charge >= 0.3 is 0 Å². The van der Waals surface area contributed by atoms with Gasteiger partial charge in [-0.05, 0) is 25.5 Å². The maximum absolute atomic E-state index is 11.8. The number of anilines is 1. The van der Waals surface area contributed by atoms with E-state index < -0.39 is 10.0 Å². The summed E-state index contributed by atoms with van der Waals surface area (Å²) in [6.45, 7) is 3.73. The van der Waals surface area contributed by atoms with Gasteiger partial charge in [-0.25, -0.2) is 13.1 Å². The second kappa shape index (κ2) is 4.63. The molecule has 0 fully saturated rings. The van der Waals surface area contributed by atoms with Gasteiger partial charge in [-0.1, -0.05) is 19.1 Å². The third-order valence-corrected chi connectivity index (χ3v) is 3.84. The molecule has 0 heterocycles. The molecule has 5 heteroatoms. The zero-order valence-corrected chi connectivity index (χ0v) is 9.71. The molecule has 0 saturated heterocycles. The fraction of sp³-hybridized carbons (Fsp3) is 0.400. The zero-order chi connectivity index (χ0) is 11.5. The Morgan fingerprint density at radius 3 is 2.53 bits per heavy atom. The highest BCUT2D eigenvalue weighted by Crippen LogP contribution is 2.17. The fourth-order valence-corrected chi connectivity index (χ4v) is 2.60. The zero-order valence-electron chi connectivity index (χ0n) is 8.90. The third-order valence-electron chi connectivity index (χ3n) is 2.18. The van der Waals surface area contributed by atoms with Gasteiger partial charge in [0.25, 0.3) is 0 Å². The van der Waals surface area contributed by atoms with Crippen molar-refractivity contribution in [1.82, 2.24) is 4.72 Å². The van der Waals surface area contributed by atoms with Crippen LogP contribution in [0.25, 0.3) is 0 Å². The molecule has 0 aromatic heterocycles. The maximum atomic E-state index is 11.8. The summed E-state index contributed by atoms with van der Waals surface area (Å²) in [5, 5.41) is 0. The number of rotatable bonds is 4. The summed E-state index contributed by atoms with van der Waals surface area (Å²) in [6.07, 6.45) is 0.742. The van der Waals surface area contributed by atoms with Crippen molar-refractivity contribution in [3.63, 3.8) is 0 Å². The topological polar surface area (TPSA) is 72.2 Å². The molecule has 1 aromatic rings. The summed E-state index contributed by atoms with van der Waals surface area (Å²) in [5.74, 6) is 0. The van der Waals surface area contributed by atoms with Crippen LogP contribution in [0.1, 0.15) is 20.3 Å². The van der Waals surface area contributed by atoms with E-state index >= 15 is 0 Å². The van der Waals surface area contributed by atoms with E-state index in [-0.39, 0.29) is 16.6 Å². The van der Waals surface area contributed by atoms with Crippen LogP contribution in [0, 0.1) is 0 Å². The van der Waals surface area contributed by atoms with Crippen molar-refractivity contribution >= 4 is 15.7 Å². The Morgan fingerprint density at radius 2 is 2.00 bits per heavy atom. The van der Waals surface area contributed by atoms with Crippen molar-refractivity contribution in [2.24, 2.45) is 0 Å². The lowest BCUT2D eigenvalue weighted by molar-refractivity contribution is 0.556. The molecule has 0 bridgehead atoms. The number of benzene rings is 1. The van der Waals surface area contributed by atoms with Crippen LogP contribution in [0.15, 0.2) is 29.2 Å². The van der Waals surface area contributed by atoms with Gasteiger partial charge in [0.2, 0.25) is 10.0 Å². The minimum Gasteiger partial charge on any atom is -0.398 e. The number of sulfonamides is 1. The smallest absolute Gasteiger partial charge is 0.242 e. The number of hydrogen-bond acceptors (Lipinski definition) is 3. The van der Waals surface area contributed by atoms with E-state index in [1.807, 2.05) is 13.8 Å². The van der Waals surface area contributed by atoms with E-state index in [4.69, 9.17) is 5.73 Å². The predicted molar refractivity (Wildman–Crippen MR) is 60.9 cm³/mol. The van der Waals surface area contributed by atoms with Gasteiger partial charge in [-0.2, -0.15) is 0 Å². The summed E-state index contributed by atoms with van der Waals surface area (Å²) in [7, 11) is -3.48. The van der Waals surface area contributed by atoms with Gasteiger partial charge in [-0.3, -0.25) is 0 Å². The van der Waals surface area contributed by atoms with Crippen molar-refractivity contribution in [3.8, 4) is 0 Å². The SMILES string of the molecule is CC[C@@H](C)NS(=O)(=O)c1ccccc1N. The van der Waals surface area contributed by atoms with Gasteiger partial charge in [0.15, 0.2) is 0 Å². The van der Waals surface area contributed by atoms with E-state index in [1.165, 1.54) is 6.07 Å². The molecular formula is C10H16N2O2S. The van der Waals surface area contributed by atoms with Crippen LogP contribution in [0.3, 0.4) is 0 Å². The van der Waals surface area contributed by atoms with Crippen LogP contribution >= 0.6 is 0 Å². The summed E-state index contributed by atoms with van der Waals surface area (Å²) in [4.78, 5) is 0.144. The molecule has 15 heavy (non-hydrogen) atoms. The lowest BCUT2D eigenvalue weighted by atomic mass is 10.3. The standard InChI is InChI=1S/C10H16N2O2S/c1-3-8(2)12-15(13,14)10-7-5-4-6-9(10)11/h4-8,12H,3,11H2,1-2H3/t8-/m1/s1. The predicted octanol–water partition coefficient (Wildman–Crippen LogP) is 1.35. The minimum absolute atomic E-state index is 0.0883. The molecular weight excluding hydrogens is 212 g/mol. The molecule has 0 aliphatic rings. The highest BCUT2D eigenvalue weighted by molar-refractivity contribution is 7.89. The average molecular weight is 228 g/mol. The van der Waals surface area contributed by atoms with Crippen LogP contribution in [-0.2, 0) is 10.0 Å². The molecule has 0 unspecified atom stereocenters. The molecule has 1 rings (SSSR count). The van der Waals surface area contributed by atoms with Crippen LogP contribution in [0.5, 0.6) is 0 Å². The van der Waals surface area contributed by atoms with E-state index in [1.54, 1.807) is 18.2 Å². The van der Waals surface area contributed by atoms with Gasteiger partial charge in [0.1, 0.15) is 4.90 Å². The molecule has 0 saturated carbocycles. The number of nitrogens with two attached hydrogens (primary N) is 1. The van der Waals surface area contributed by atoms with Crippen LogP contribution in [0.4, 0.5) is 5.69 Å². The third kappa shape index (κ3) is 2.94. The molecule has 0 aliphatic carbocycles. The summed E-state index contributed by atoms with van der Waals surface area (Å²) < 4.78 is 26.2. The van der Waals surface area contributed by atoms with E-state index in [0.717, 1.165) is 6.42 Å². The molecule has 0 radical (unpaired) electrons. The summed E-state index contributed by atoms with van der Waals surface area (Å²) in [5.41, 5.74) is 5.88. The highest BCUT2D eigenvalue weighted by Gasteiger charge is 2.18. The second-order valence-corrected chi connectivity index (χ2v) is 5.15. The Balaban J connectivity index is 3.02. The van der Waals surface area contributed by atoms with Crippen LogP contribution < -0.4 is 10.5 Å². The number of hydrogen-bond donors (Lipinski definition) is 2. The first-order valence-corrected chi connectivity index (χ1v) is 6.32. The number of nitrogens with one attached hydrogen (secondary N) is 1. The van der Waals surface area contributed by atoms with Crippen LogP contribution in [0.2, 0.25) is 0 Å². The monoisotopic (exact) mass is 228 g/mol. The Kier molecular flexibility index (Phi) is 3.71. The summed E-state index contributed by atoms with van der Waals surface area (Å²) in [6, 6.07) is 6.35. The van der Waals surface area contributed by atoms with Crippen molar-refractivity contribution in [3.05, 3.63) is 24.3 Å². The fourth-order valence-electron chi connectivity index (χ4n) is 1.14. The molecule has 1 aromatic carbocycles. The molecule has 0 amide bonds. The normalized spacial score (nSPS) is 13.7. The van der Waals surface area contributed by atoms with Gasteiger partial charge in [0.05, 0.1) is 5.69 Å². The quantitative estimate of drug-likeness (QED) is 0.764. The van der Waals surface area contributed by atoms with Crippen LogP contribution in [-0.4, -0.2) is 14.5 Å². The molecule has 3 N–H and O–H groups in total. The van der Waals surface area contributed by atoms with Crippen molar-refractivity contribution in [2.75, 3.05) is 5.73 Å². The van der Waals surface area contributed by atoms with Gasteiger partial charge in [-0.15, -0.1) is 0 Å². The lowest BCUT2D eigenvalue weighted by Gasteiger charge is -2.13. The van der Waals surface area contributed by atoms with E-state index in [0.29, 0.717) is 0 Å². The van der Waals surface area contributed by atoms with E-state index in [9.17, 15) is 8.42 Å². The number of nitrogen functional groups attached to an aromatic ring is 1. The van der Waals surface area contributed by atoms with Crippen molar-refractivity contribution in [2.45, 2.75) is 31.2 Å². The molecule has 84 valence electrons. The molecule has 0 aliphatic heterocycles. The van der Waals surface area contributed by atoms with Gasteiger partial charge < -0.3 is 5.73 Å². The first kappa shape index (κ1) is 12.0. The Morgan fingerprint density at radius 1 is 1.40 bits per heavy atom. The highest BCUT2D eigenvalue weighted by atomic mass is 32.2. The largest absolute Gasteiger partial charge is 0.398 e. The number of para-hydroxylation sites is 1. The first-order valence-electron chi connectivity index (χ1n) is 4.84. The van der Waals surface area contributed by atoms with E-state index in [2.05, 4.69) is 4.72 Å². The maximum Gasteiger partial charge on any atom is 0.242 e. The Labute approximate surface area is 90.5 Å². The summed E-state index contributed by atoms with van der Waals surface area (Å²) >= 11 is 0. The first-order chi connectivity index (χ1) is 6.97. The second-order valence-electron chi connectivity index (χ2n) is 3.47. The Hall–Kier alpha value is -1.07. The molecule has 0 spiro atoms. The Bertz CT molecular complexity index is 429. The van der Waals surface area contributed by atoms with Crippen molar-refractivity contribution < 1.29 is 8.42 Å². The molecule has 1 atom stereocenters. The average Bonchev–Trinajstić information content (AvgIpc) is 2.17. The lowest BCUT2D eigenvalue weighted by Crippen LogP contribution is -2.32.